The lowest BCUT2D eigenvalue weighted by Crippen LogP contribution is -2.26. The summed E-state index contributed by atoms with van der Waals surface area (Å²) >= 11 is 0. The maximum atomic E-state index is 14.1. The molecule has 0 spiro atoms. The van der Waals surface area contributed by atoms with Crippen LogP contribution in [0, 0.1) is 24.1 Å². The molecule has 0 aliphatic carbocycles. The topological polar surface area (TPSA) is 113 Å². The number of rotatable bonds is 4. The van der Waals surface area contributed by atoms with Gasteiger partial charge in [-0.05, 0) is 55.0 Å². The fourth-order valence-electron chi connectivity index (χ4n) is 3.49. The number of pyridine rings is 1. The first-order valence-electron chi connectivity index (χ1n) is 10.1. The summed E-state index contributed by atoms with van der Waals surface area (Å²) < 4.78 is 20.4. The number of methoxy groups -OCH3 is 1. The Kier molecular flexibility index (Phi) is 5.93. The van der Waals surface area contributed by atoms with Crippen molar-refractivity contribution >= 4 is 34.5 Å². The lowest BCUT2D eigenvalue weighted by Gasteiger charge is -2.18. The summed E-state index contributed by atoms with van der Waals surface area (Å²) in [5.41, 5.74) is 3.47. The molecule has 10 heteroatoms. The molecule has 0 saturated carbocycles. The number of fused-ring (bicyclic) bond motifs is 1. The van der Waals surface area contributed by atoms with Gasteiger partial charge >= 0.3 is 6.09 Å². The molecule has 2 aromatic heterocycles. The smallest absolute Gasteiger partial charge is 0.412 e. The number of aryl methyl sites for hydroxylation is 1. The number of carbonyl (C=O) groups excluding carboxylic acids is 2. The number of nitrogens with one attached hydrogen (secondary N) is 1. The zero-order chi connectivity index (χ0) is 24.4. The summed E-state index contributed by atoms with van der Waals surface area (Å²) in [5, 5.41) is 11.4. The van der Waals surface area contributed by atoms with Crippen LogP contribution in [-0.2, 0) is 4.74 Å². The first kappa shape index (κ1) is 22.4. The van der Waals surface area contributed by atoms with Crippen LogP contribution in [0.25, 0.3) is 16.7 Å². The lowest BCUT2D eigenvalue weighted by atomic mass is 10.1. The van der Waals surface area contributed by atoms with Crippen molar-refractivity contribution in [2.24, 2.45) is 0 Å². The van der Waals surface area contributed by atoms with Crippen molar-refractivity contribution < 1.29 is 18.7 Å². The molecular formula is C24H19FN6O3. The van der Waals surface area contributed by atoms with E-state index in [1.54, 1.807) is 47.4 Å². The fourth-order valence-corrected chi connectivity index (χ4v) is 3.49. The van der Waals surface area contributed by atoms with Crippen molar-refractivity contribution in [3.05, 3.63) is 77.5 Å². The van der Waals surface area contributed by atoms with E-state index in [9.17, 15) is 14.0 Å². The molecule has 34 heavy (non-hydrogen) atoms. The van der Waals surface area contributed by atoms with E-state index in [0.717, 1.165) is 11.6 Å². The number of nitriles is 1. The van der Waals surface area contributed by atoms with Crippen LogP contribution in [0.3, 0.4) is 0 Å². The van der Waals surface area contributed by atoms with Crippen LogP contribution in [0.5, 0.6) is 0 Å². The molecule has 1 N–H and O–H groups in total. The van der Waals surface area contributed by atoms with Gasteiger partial charge in [-0.2, -0.15) is 5.26 Å². The Hall–Kier alpha value is -4.78. The van der Waals surface area contributed by atoms with Crippen LogP contribution in [0.15, 0.2) is 55.0 Å². The fraction of sp³-hybridized carbons (Fsp3) is 0.125. The maximum absolute atomic E-state index is 14.1. The van der Waals surface area contributed by atoms with Crippen LogP contribution >= 0.6 is 0 Å². The van der Waals surface area contributed by atoms with Gasteiger partial charge in [0, 0.05) is 18.3 Å². The molecule has 0 aliphatic heterocycles. The molecule has 0 radical (unpaired) electrons. The normalized spacial score (nSPS) is 10.6. The van der Waals surface area contributed by atoms with Gasteiger partial charge in [0.25, 0.3) is 5.91 Å². The number of carbonyl (C=O) groups is 2. The number of benzene rings is 2. The lowest BCUT2D eigenvalue weighted by molar-refractivity contribution is 0.0993. The van der Waals surface area contributed by atoms with Gasteiger partial charge in [0.1, 0.15) is 24.0 Å². The van der Waals surface area contributed by atoms with Gasteiger partial charge < -0.3 is 9.64 Å². The van der Waals surface area contributed by atoms with E-state index in [1.165, 1.54) is 31.2 Å². The SMILES string of the molecule is COC(=O)Nc1ccc(-n2cnc3c(C)cc(C(=O)N(C)c4ccc(C#N)c(F)c4)cc32)cn1. The van der Waals surface area contributed by atoms with Gasteiger partial charge in [-0.25, -0.2) is 19.2 Å². The van der Waals surface area contributed by atoms with Gasteiger partial charge in [0.15, 0.2) is 0 Å². The van der Waals surface area contributed by atoms with E-state index in [4.69, 9.17) is 5.26 Å². The first-order chi connectivity index (χ1) is 16.3. The predicted octanol–water partition coefficient (Wildman–Crippen LogP) is 4.19. The Morgan fingerprint density at radius 3 is 2.62 bits per heavy atom. The van der Waals surface area contributed by atoms with E-state index in [-0.39, 0.29) is 11.5 Å². The maximum Gasteiger partial charge on any atom is 0.412 e. The molecule has 0 atom stereocenters. The summed E-state index contributed by atoms with van der Waals surface area (Å²) in [6.07, 6.45) is 2.55. The molecular weight excluding hydrogens is 439 g/mol. The Morgan fingerprint density at radius 1 is 1.18 bits per heavy atom. The Morgan fingerprint density at radius 2 is 1.97 bits per heavy atom. The summed E-state index contributed by atoms with van der Waals surface area (Å²) in [5.74, 6) is -0.719. The molecule has 4 rings (SSSR count). The number of ether oxygens (including phenoxy) is 1. The quantitative estimate of drug-likeness (QED) is 0.491. The highest BCUT2D eigenvalue weighted by Crippen LogP contribution is 2.25. The number of anilines is 2. The molecule has 0 fully saturated rings. The number of halogens is 1. The third kappa shape index (κ3) is 4.14. The van der Waals surface area contributed by atoms with E-state index in [1.807, 2.05) is 6.92 Å². The Labute approximate surface area is 194 Å². The van der Waals surface area contributed by atoms with Crippen LogP contribution < -0.4 is 10.2 Å². The van der Waals surface area contributed by atoms with E-state index in [0.29, 0.717) is 33.8 Å². The van der Waals surface area contributed by atoms with E-state index < -0.39 is 11.9 Å². The van der Waals surface area contributed by atoms with E-state index in [2.05, 4.69) is 20.0 Å². The van der Waals surface area contributed by atoms with Crippen molar-refractivity contribution in [2.45, 2.75) is 6.92 Å². The van der Waals surface area contributed by atoms with Gasteiger partial charge in [-0.1, -0.05) is 0 Å². The highest BCUT2D eigenvalue weighted by Gasteiger charge is 2.18. The third-order valence-electron chi connectivity index (χ3n) is 5.30. The minimum absolute atomic E-state index is 0.0906. The minimum Gasteiger partial charge on any atom is -0.453 e. The second-order valence-electron chi connectivity index (χ2n) is 7.43. The largest absolute Gasteiger partial charge is 0.453 e. The highest BCUT2D eigenvalue weighted by atomic mass is 19.1. The molecule has 4 aromatic rings. The summed E-state index contributed by atoms with van der Waals surface area (Å²) in [7, 11) is 2.80. The molecule has 2 amide bonds. The van der Waals surface area contributed by atoms with E-state index >= 15 is 0 Å². The Bertz CT molecular complexity index is 1460. The number of aromatic nitrogens is 3. The number of imidazole rings is 1. The van der Waals surface area contributed by atoms with Crippen molar-refractivity contribution in [3.63, 3.8) is 0 Å². The van der Waals surface area contributed by atoms with Crippen molar-refractivity contribution in [3.8, 4) is 11.8 Å². The highest BCUT2D eigenvalue weighted by molar-refractivity contribution is 6.07. The average Bonchev–Trinajstić information content (AvgIpc) is 3.28. The molecule has 2 heterocycles. The van der Waals surface area contributed by atoms with Crippen molar-refractivity contribution in [1.29, 1.82) is 5.26 Å². The molecule has 0 unspecified atom stereocenters. The van der Waals surface area contributed by atoms with Gasteiger partial charge in [0.05, 0.1) is 35.6 Å². The number of hydrogen-bond acceptors (Lipinski definition) is 6. The van der Waals surface area contributed by atoms with Crippen LogP contribution in [0.4, 0.5) is 20.7 Å². The van der Waals surface area contributed by atoms with Crippen LogP contribution in [-0.4, -0.2) is 40.7 Å². The molecule has 0 saturated heterocycles. The summed E-state index contributed by atoms with van der Waals surface area (Å²) in [4.78, 5) is 34.5. The monoisotopic (exact) mass is 458 g/mol. The minimum atomic E-state index is -0.693. The number of amides is 2. The summed E-state index contributed by atoms with van der Waals surface area (Å²) in [6.45, 7) is 1.85. The summed E-state index contributed by atoms with van der Waals surface area (Å²) in [6, 6.07) is 12.6. The predicted molar refractivity (Wildman–Crippen MR) is 123 cm³/mol. The number of nitrogens with zero attached hydrogens (tertiary/aromatic N) is 5. The molecule has 9 nitrogen and oxygen atoms in total. The molecule has 0 bridgehead atoms. The van der Waals surface area contributed by atoms with Crippen LogP contribution in [0.2, 0.25) is 0 Å². The molecule has 2 aromatic carbocycles. The van der Waals surface area contributed by atoms with Crippen molar-refractivity contribution in [1.82, 2.24) is 14.5 Å². The standard InChI is InChI=1S/C24H19FN6O3/c1-14-8-16(23(32)30(2)17-5-4-15(11-26)19(25)10-17)9-20-22(14)28-13-31(20)18-6-7-21(27-12-18)29-24(33)34-3/h4-10,12-13H,1-3H3,(H,27,29,33). The zero-order valence-corrected chi connectivity index (χ0v) is 18.5. The van der Waals surface area contributed by atoms with Crippen molar-refractivity contribution in [2.75, 3.05) is 24.4 Å². The second-order valence-corrected chi connectivity index (χ2v) is 7.43. The Balaban J connectivity index is 1.69. The number of hydrogen-bond donors (Lipinski definition) is 1. The molecule has 170 valence electrons. The van der Waals surface area contributed by atoms with Gasteiger partial charge in [0.2, 0.25) is 0 Å². The first-order valence-corrected chi connectivity index (χ1v) is 10.1. The van der Waals surface area contributed by atoms with Gasteiger partial charge in [-0.15, -0.1) is 0 Å². The van der Waals surface area contributed by atoms with Crippen LogP contribution in [0.1, 0.15) is 21.5 Å². The second kappa shape index (κ2) is 8.99. The molecule has 0 aliphatic rings. The average molecular weight is 458 g/mol. The van der Waals surface area contributed by atoms with Gasteiger partial charge in [-0.3, -0.25) is 14.7 Å². The third-order valence-corrected chi connectivity index (χ3v) is 5.30. The zero-order valence-electron chi connectivity index (χ0n) is 18.5.